The Hall–Kier alpha value is -0.700. The summed E-state index contributed by atoms with van der Waals surface area (Å²) >= 11 is 16.3. The van der Waals surface area contributed by atoms with Crippen molar-refractivity contribution in [2.45, 2.75) is 17.1 Å². The Morgan fingerprint density at radius 1 is 1.47 bits per heavy atom. The Morgan fingerprint density at radius 2 is 2.12 bits per heavy atom. The van der Waals surface area contributed by atoms with Gasteiger partial charge in [0, 0.05) is 5.56 Å². The zero-order chi connectivity index (χ0) is 13.1. The summed E-state index contributed by atoms with van der Waals surface area (Å²) in [5.74, 6) is -0.528. The van der Waals surface area contributed by atoms with E-state index in [1.165, 1.54) is 0 Å². The fourth-order valence-electron chi connectivity index (χ4n) is 1.33. The summed E-state index contributed by atoms with van der Waals surface area (Å²) in [6.45, 7) is 5.56. The molecule has 1 aromatic carbocycles. The number of carbonyl (C=O) groups excluding carboxylic acids is 1. The lowest BCUT2D eigenvalue weighted by Crippen LogP contribution is -2.25. The van der Waals surface area contributed by atoms with Gasteiger partial charge in [0.1, 0.15) is 5.75 Å². The Kier molecular flexibility index (Phi) is 4.87. The second kappa shape index (κ2) is 5.76. The van der Waals surface area contributed by atoms with Crippen molar-refractivity contribution < 1.29 is 9.53 Å². The largest absolute Gasteiger partial charge is 0.423 e. The Bertz CT molecular complexity index is 436. The Labute approximate surface area is 115 Å². The van der Waals surface area contributed by atoms with E-state index in [9.17, 15) is 4.79 Å². The highest BCUT2D eigenvalue weighted by atomic mass is 35.6. The summed E-state index contributed by atoms with van der Waals surface area (Å²) in [5.41, 5.74) is 1.84. The number of benzene rings is 1. The normalized spacial score (nSPS) is 11.1. The molecule has 1 aromatic rings. The quantitative estimate of drug-likeness (QED) is 0.364. The van der Waals surface area contributed by atoms with Gasteiger partial charge in [0.05, 0.1) is 0 Å². The highest BCUT2D eigenvalue weighted by Gasteiger charge is 2.33. The van der Waals surface area contributed by atoms with Crippen LogP contribution in [0.1, 0.15) is 11.1 Å². The number of rotatable bonds is 3. The zero-order valence-corrected chi connectivity index (χ0v) is 11.4. The zero-order valence-electron chi connectivity index (χ0n) is 9.17. The molecular formula is C12H11Cl3O2. The standard InChI is InChI=1S/C12H11Cl3O2/c1-3-5-9-8(2)6-4-7-10(9)17-11(16)12(13,14)15/h3-4,6-7H,1,5H2,2H3. The van der Waals surface area contributed by atoms with E-state index in [2.05, 4.69) is 6.58 Å². The first-order valence-electron chi connectivity index (χ1n) is 4.84. The van der Waals surface area contributed by atoms with E-state index in [0.717, 1.165) is 11.1 Å². The fraction of sp³-hybridized carbons (Fsp3) is 0.250. The van der Waals surface area contributed by atoms with Crippen molar-refractivity contribution in [3.8, 4) is 5.75 Å². The van der Waals surface area contributed by atoms with Crippen molar-refractivity contribution in [1.82, 2.24) is 0 Å². The molecule has 0 spiro atoms. The summed E-state index contributed by atoms with van der Waals surface area (Å²) in [6.07, 6.45) is 2.30. The van der Waals surface area contributed by atoms with Crippen molar-refractivity contribution in [3.05, 3.63) is 42.0 Å². The molecule has 0 radical (unpaired) electrons. The van der Waals surface area contributed by atoms with Gasteiger partial charge in [-0.15, -0.1) is 6.58 Å². The number of ether oxygens (including phenoxy) is 1. The maximum Gasteiger partial charge on any atom is 0.363 e. The summed E-state index contributed by atoms with van der Waals surface area (Å²) in [5, 5.41) is 0. The predicted molar refractivity (Wildman–Crippen MR) is 71.0 cm³/mol. The minimum Gasteiger partial charge on any atom is -0.423 e. The molecule has 0 aromatic heterocycles. The van der Waals surface area contributed by atoms with Gasteiger partial charge in [0.2, 0.25) is 0 Å². The molecular weight excluding hydrogens is 282 g/mol. The van der Waals surface area contributed by atoms with E-state index < -0.39 is 9.76 Å². The van der Waals surface area contributed by atoms with E-state index >= 15 is 0 Å². The van der Waals surface area contributed by atoms with E-state index in [4.69, 9.17) is 39.5 Å². The van der Waals surface area contributed by atoms with Crippen LogP contribution in [0.2, 0.25) is 0 Å². The molecule has 0 aliphatic rings. The van der Waals surface area contributed by atoms with Gasteiger partial charge in [0.25, 0.3) is 3.79 Å². The van der Waals surface area contributed by atoms with Crippen LogP contribution in [0.3, 0.4) is 0 Å². The molecule has 0 bridgehead atoms. The monoisotopic (exact) mass is 292 g/mol. The van der Waals surface area contributed by atoms with Crippen molar-refractivity contribution in [3.63, 3.8) is 0 Å². The van der Waals surface area contributed by atoms with Crippen LogP contribution in [0.4, 0.5) is 0 Å². The van der Waals surface area contributed by atoms with Crippen LogP contribution in [0.25, 0.3) is 0 Å². The van der Waals surface area contributed by atoms with Crippen LogP contribution >= 0.6 is 34.8 Å². The van der Waals surface area contributed by atoms with Gasteiger partial charge in [-0.05, 0) is 25.0 Å². The van der Waals surface area contributed by atoms with Gasteiger partial charge in [0.15, 0.2) is 0 Å². The number of aryl methyl sites for hydroxylation is 1. The fourth-order valence-corrected chi connectivity index (χ4v) is 1.45. The van der Waals surface area contributed by atoms with Crippen LogP contribution in [-0.2, 0) is 11.2 Å². The number of alkyl halides is 3. The average Bonchev–Trinajstić information content (AvgIpc) is 2.21. The number of hydrogen-bond acceptors (Lipinski definition) is 2. The van der Waals surface area contributed by atoms with Crippen molar-refractivity contribution in [2.75, 3.05) is 0 Å². The topological polar surface area (TPSA) is 26.3 Å². The lowest BCUT2D eigenvalue weighted by Gasteiger charge is -2.14. The molecule has 1 rings (SSSR count). The number of hydrogen-bond donors (Lipinski definition) is 0. The number of esters is 1. The lowest BCUT2D eigenvalue weighted by atomic mass is 10.0. The first-order valence-corrected chi connectivity index (χ1v) is 5.98. The molecule has 0 aliphatic carbocycles. The molecule has 0 saturated carbocycles. The Morgan fingerprint density at radius 3 is 2.65 bits per heavy atom. The molecule has 0 amide bonds. The number of halogens is 3. The van der Waals surface area contributed by atoms with Crippen LogP contribution in [0.15, 0.2) is 30.9 Å². The number of allylic oxidation sites excluding steroid dienone is 1. The van der Waals surface area contributed by atoms with Crippen molar-refractivity contribution >= 4 is 40.8 Å². The summed E-state index contributed by atoms with van der Waals surface area (Å²) in [7, 11) is 0. The molecule has 17 heavy (non-hydrogen) atoms. The molecule has 0 saturated heterocycles. The molecule has 92 valence electrons. The third-order valence-electron chi connectivity index (χ3n) is 2.15. The maximum atomic E-state index is 11.5. The first kappa shape index (κ1) is 14.4. The van der Waals surface area contributed by atoms with Crippen LogP contribution < -0.4 is 4.74 Å². The molecule has 0 unspecified atom stereocenters. The van der Waals surface area contributed by atoms with Crippen LogP contribution in [0, 0.1) is 6.92 Å². The molecule has 2 nitrogen and oxygen atoms in total. The average molecular weight is 294 g/mol. The van der Waals surface area contributed by atoms with Gasteiger partial charge in [-0.3, -0.25) is 0 Å². The molecule has 0 atom stereocenters. The van der Waals surface area contributed by atoms with Gasteiger partial charge in [-0.2, -0.15) is 0 Å². The minimum absolute atomic E-state index is 0.390. The Balaban J connectivity index is 3.02. The lowest BCUT2D eigenvalue weighted by molar-refractivity contribution is -0.133. The van der Waals surface area contributed by atoms with Crippen LogP contribution in [0.5, 0.6) is 5.75 Å². The molecule has 0 fully saturated rings. The maximum absolute atomic E-state index is 11.5. The molecule has 0 N–H and O–H groups in total. The van der Waals surface area contributed by atoms with Crippen molar-refractivity contribution in [1.29, 1.82) is 0 Å². The van der Waals surface area contributed by atoms with E-state index in [0.29, 0.717) is 12.2 Å². The van der Waals surface area contributed by atoms with E-state index in [1.54, 1.807) is 18.2 Å². The van der Waals surface area contributed by atoms with Crippen molar-refractivity contribution in [2.24, 2.45) is 0 Å². The number of carbonyl (C=O) groups is 1. The van der Waals surface area contributed by atoms with E-state index in [1.807, 2.05) is 13.0 Å². The smallest absolute Gasteiger partial charge is 0.363 e. The minimum atomic E-state index is -2.07. The second-order valence-corrected chi connectivity index (χ2v) is 5.71. The first-order chi connectivity index (χ1) is 7.86. The second-order valence-electron chi connectivity index (χ2n) is 3.43. The summed E-state index contributed by atoms with van der Waals surface area (Å²) in [4.78, 5) is 11.5. The highest BCUT2D eigenvalue weighted by Crippen LogP contribution is 2.30. The van der Waals surface area contributed by atoms with E-state index in [-0.39, 0.29) is 0 Å². The summed E-state index contributed by atoms with van der Waals surface area (Å²) < 4.78 is 2.99. The third kappa shape index (κ3) is 3.91. The molecule has 5 heteroatoms. The van der Waals surface area contributed by atoms with Gasteiger partial charge < -0.3 is 4.74 Å². The highest BCUT2D eigenvalue weighted by molar-refractivity contribution is 6.75. The van der Waals surface area contributed by atoms with Gasteiger partial charge in [-0.1, -0.05) is 53.0 Å². The summed E-state index contributed by atoms with van der Waals surface area (Å²) in [6, 6.07) is 5.33. The van der Waals surface area contributed by atoms with Gasteiger partial charge >= 0.3 is 5.97 Å². The molecule has 0 heterocycles. The molecule has 0 aliphatic heterocycles. The van der Waals surface area contributed by atoms with Crippen LogP contribution in [-0.4, -0.2) is 9.76 Å². The predicted octanol–water partition coefficient (Wildman–Crippen LogP) is 4.00. The van der Waals surface area contributed by atoms with Gasteiger partial charge in [-0.25, -0.2) is 4.79 Å². The third-order valence-corrected chi connectivity index (χ3v) is 2.61. The SMILES string of the molecule is C=CCc1c(C)cccc1OC(=O)C(Cl)(Cl)Cl.